The van der Waals surface area contributed by atoms with E-state index in [-0.39, 0.29) is 0 Å². The van der Waals surface area contributed by atoms with Crippen LogP contribution < -0.4 is 10.1 Å². The highest BCUT2D eigenvalue weighted by Gasteiger charge is 2.26. The number of benzene rings is 1. The van der Waals surface area contributed by atoms with Gasteiger partial charge < -0.3 is 10.1 Å². The molecule has 1 aromatic rings. The normalized spacial score (nSPS) is 22.8. The molecular weight excluding hydrogens is 262 g/mol. The summed E-state index contributed by atoms with van der Waals surface area (Å²) in [7, 11) is 1.69. The van der Waals surface area contributed by atoms with Crippen molar-refractivity contribution >= 4 is 0 Å². The first-order chi connectivity index (χ1) is 10.2. The van der Waals surface area contributed by atoms with E-state index < -0.39 is 0 Å². The van der Waals surface area contributed by atoms with Gasteiger partial charge in [0.25, 0.3) is 0 Å². The topological polar surface area (TPSA) is 48.3 Å². The third-order valence-corrected chi connectivity index (χ3v) is 4.36. The maximum absolute atomic E-state index is 9.10. The highest BCUT2D eigenvalue weighted by molar-refractivity contribution is 5.42. The summed E-state index contributed by atoms with van der Waals surface area (Å²) in [6, 6.07) is 8.97. The summed E-state index contributed by atoms with van der Waals surface area (Å²) in [6.45, 7) is 7.38. The van der Waals surface area contributed by atoms with Gasteiger partial charge in [-0.15, -0.1) is 0 Å². The number of hydrogen-bond donors (Lipinski definition) is 1. The number of methoxy groups -OCH3 is 1. The van der Waals surface area contributed by atoms with Crippen LogP contribution in [0.25, 0.3) is 0 Å². The third-order valence-electron chi connectivity index (χ3n) is 4.36. The first kappa shape index (κ1) is 15.8. The first-order valence-corrected chi connectivity index (χ1v) is 7.76. The molecule has 1 aromatic carbocycles. The van der Waals surface area contributed by atoms with E-state index >= 15 is 0 Å². The van der Waals surface area contributed by atoms with Crippen LogP contribution in [0.5, 0.6) is 5.75 Å². The zero-order valence-electron chi connectivity index (χ0n) is 13.2. The van der Waals surface area contributed by atoms with Crippen LogP contribution in [0.15, 0.2) is 18.2 Å². The molecule has 2 atom stereocenters. The number of nitrogens with zero attached hydrogens (tertiary/aromatic N) is 2. The molecule has 1 aliphatic heterocycles. The molecule has 1 aliphatic rings. The molecule has 2 unspecified atom stereocenters. The van der Waals surface area contributed by atoms with Gasteiger partial charge in [-0.2, -0.15) is 5.26 Å². The summed E-state index contributed by atoms with van der Waals surface area (Å²) in [5.74, 6) is 0.871. The van der Waals surface area contributed by atoms with Crippen molar-refractivity contribution < 1.29 is 4.74 Å². The molecule has 114 valence electrons. The number of hydrogen-bond acceptors (Lipinski definition) is 4. The third kappa shape index (κ3) is 3.75. The van der Waals surface area contributed by atoms with Gasteiger partial charge >= 0.3 is 0 Å². The van der Waals surface area contributed by atoms with Crippen molar-refractivity contribution in [2.75, 3.05) is 20.2 Å². The highest BCUT2D eigenvalue weighted by Crippen LogP contribution is 2.24. The summed E-state index contributed by atoms with van der Waals surface area (Å²) in [5, 5.41) is 12.7. The summed E-state index contributed by atoms with van der Waals surface area (Å²) < 4.78 is 5.46. The average molecular weight is 287 g/mol. The average Bonchev–Trinajstić information content (AvgIpc) is 2.54. The summed E-state index contributed by atoms with van der Waals surface area (Å²) in [4.78, 5) is 2.52. The minimum atomic E-state index is 0.545. The Morgan fingerprint density at radius 1 is 1.38 bits per heavy atom. The lowest BCUT2D eigenvalue weighted by atomic mass is 10.0. The molecule has 0 amide bonds. The summed E-state index contributed by atoms with van der Waals surface area (Å²) >= 11 is 0. The Bertz CT molecular complexity index is 509. The number of piperazine rings is 1. The van der Waals surface area contributed by atoms with Crippen LogP contribution in [0.1, 0.15) is 37.8 Å². The van der Waals surface area contributed by atoms with Crippen LogP contribution in [0.3, 0.4) is 0 Å². The molecule has 4 nitrogen and oxygen atoms in total. The smallest absolute Gasteiger partial charge is 0.123 e. The van der Waals surface area contributed by atoms with Gasteiger partial charge in [0.1, 0.15) is 5.75 Å². The lowest BCUT2D eigenvalue weighted by Gasteiger charge is -2.40. The Hall–Kier alpha value is -1.57. The van der Waals surface area contributed by atoms with Crippen LogP contribution in [0.2, 0.25) is 0 Å². The van der Waals surface area contributed by atoms with Crippen molar-refractivity contribution in [2.45, 2.75) is 45.3 Å². The Kier molecular flexibility index (Phi) is 5.60. The van der Waals surface area contributed by atoms with Gasteiger partial charge in [-0.1, -0.05) is 13.8 Å². The van der Waals surface area contributed by atoms with Crippen molar-refractivity contribution in [2.24, 2.45) is 0 Å². The maximum atomic E-state index is 9.10. The molecule has 0 radical (unpaired) electrons. The molecule has 1 fully saturated rings. The monoisotopic (exact) mass is 287 g/mol. The predicted molar refractivity (Wildman–Crippen MR) is 84.3 cm³/mol. The Morgan fingerprint density at radius 3 is 2.81 bits per heavy atom. The molecule has 1 N–H and O–H groups in total. The fraction of sp³-hybridized carbons (Fsp3) is 0.588. The molecule has 2 rings (SSSR count). The van der Waals surface area contributed by atoms with Gasteiger partial charge in [0, 0.05) is 37.3 Å². The van der Waals surface area contributed by atoms with E-state index in [1.807, 2.05) is 18.2 Å². The molecule has 0 aromatic heterocycles. The summed E-state index contributed by atoms with van der Waals surface area (Å²) in [6.07, 6.45) is 2.27. The summed E-state index contributed by atoms with van der Waals surface area (Å²) in [5.41, 5.74) is 1.80. The van der Waals surface area contributed by atoms with Crippen molar-refractivity contribution in [1.29, 1.82) is 5.26 Å². The molecular formula is C17H25N3O. The molecule has 0 aliphatic carbocycles. The van der Waals surface area contributed by atoms with Crippen LogP contribution in [-0.4, -0.2) is 37.2 Å². The molecule has 0 bridgehead atoms. The van der Waals surface area contributed by atoms with Crippen molar-refractivity contribution in [1.82, 2.24) is 10.2 Å². The van der Waals surface area contributed by atoms with E-state index in [4.69, 9.17) is 10.00 Å². The zero-order valence-corrected chi connectivity index (χ0v) is 13.2. The van der Waals surface area contributed by atoms with Gasteiger partial charge in [-0.05, 0) is 31.0 Å². The fourth-order valence-electron chi connectivity index (χ4n) is 2.99. The van der Waals surface area contributed by atoms with Gasteiger partial charge in [-0.3, -0.25) is 4.90 Å². The van der Waals surface area contributed by atoms with E-state index in [1.54, 1.807) is 7.11 Å². The first-order valence-electron chi connectivity index (χ1n) is 7.76. The Morgan fingerprint density at radius 2 is 2.19 bits per heavy atom. The number of nitriles is 1. The second-order valence-corrected chi connectivity index (χ2v) is 5.64. The van der Waals surface area contributed by atoms with E-state index in [9.17, 15) is 0 Å². The van der Waals surface area contributed by atoms with Gasteiger partial charge in [-0.25, -0.2) is 0 Å². The second-order valence-electron chi connectivity index (χ2n) is 5.64. The van der Waals surface area contributed by atoms with Crippen LogP contribution >= 0.6 is 0 Å². The van der Waals surface area contributed by atoms with Gasteiger partial charge in [0.15, 0.2) is 0 Å². The van der Waals surface area contributed by atoms with Crippen molar-refractivity contribution in [3.05, 3.63) is 29.3 Å². The SMILES string of the molecule is CCC1CN(Cc2cc(C#N)ccc2OC)C(CC)CN1. The minimum absolute atomic E-state index is 0.545. The molecule has 1 saturated heterocycles. The quantitative estimate of drug-likeness (QED) is 0.904. The van der Waals surface area contributed by atoms with E-state index in [0.29, 0.717) is 17.6 Å². The largest absolute Gasteiger partial charge is 0.496 e. The van der Waals surface area contributed by atoms with Crippen LogP contribution in [0, 0.1) is 11.3 Å². The van der Waals surface area contributed by atoms with E-state index in [0.717, 1.165) is 43.8 Å². The van der Waals surface area contributed by atoms with E-state index in [1.165, 1.54) is 0 Å². The number of rotatable bonds is 5. The molecule has 0 spiro atoms. The Labute approximate surface area is 127 Å². The molecule has 21 heavy (non-hydrogen) atoms. The number of ether oxygens (including phenoxy) is 1. The predicted octanol–water partition coefficient (Wildman–Crippen LogP) is 2.53. The fourth-order valence-corrected chi connectivity index (χ4v) is 2.99. The van der Waals surface area contributed by atoms with Crippen molar-refractivity contribution in [3.8, 4) is 11.8 Å². The lowest BCUT2D eigenvalue weighted by Crippen LogP contribution is -2.55. The Balaban J connectivity index is 2.19. The second kappa shape index (κ2) is 7.44. The molecule has 4 heteroatoms. The van der Waals surface area contributed by atoms with Gasteiger partial charge in [0.05, 0.1) is 18.7 Å². The number of nitrogens with one attached hydrogen (secondary N) is 1. The van der Waals surface area contributed by atoms with Crippen LogP contribution in [-0.2, 0) is 6.54 Å². The molecule has 1 heterocycles. The van der Waals surface area contributed by atoms with E-state index in [2.05, 4.69) is 30.1 Å². The highest BCUT2D eigenvalue weighted by atomic mass is 16.5. The lowest BCUT2D eigenvalue weighted by molar-refractivity contribution is 0.116. The maximum Gasteiger partial charge on any atom is 0.123 e. The minimum Gasteiger partial charge on any atom is -0.496 e. The van der Waals surface area contributed by atoms with Crippen LogP contribution in [0.4, 0.5) is 0 Å². The molecule has 0 saturated carbocycles. The van der Waals surface area contributed by atoms with Gasteiger partial charge in [0.2, 0.25) is 0 Å². The zero-order chi connectivity index (χ0) is 15.2. The standard InChI is InChI=1S/C17H25N3O/c1-4-15-12-20(16(5-2)10-19-15)11-14-8-13(9-18)6-7-17(14)21-3/h6-8,15-16,19H,4-5,10-12H2,1-3H3. The van der Waals surface area contributed by atoms with Crippen molar-refractivity contribution in [3.63, 3.8) is 0 Å².